The van der Waals surface area contributed by atoms with Gasteiger partial charge in [-0.15, -0.1) is 0 Å². The fourth-order valence-corrected chi connectivity index (χ4v) is 0.679. The van der Waals surface area contributed by atoms with Crippen molar-refractivity contribution < 1.29 is 4.74 Å². The van der Waals surface area contributed by atoms with Crippen LogP contribution >= 0.6 is 0 Å². The molecule has 1 nitrogen and oxygen atoms in total. The molecule has 0 aliphatic heterocycles. The SMILES string of the molecule is CCCCOC[AsH2]. The van der Waals surface area contributed by atoms with Crippen molar-refractivity contribution in [1.29, 1.82) is 0 Å². The average Bonchev–Trinajstić information content (AvgIpc) is 1.69. The van der Waals surface area contributed by atoms with E-state index in [0.29, 0.717) is 0 Å². The second-order valence-corrected chi connectivity index (χ2v) is 2.13. The number of hydrogen-bond donors (Lipinski definition) is 0. The Balaban J connectivity index is 2.45. The first-order valence-corrected chi connectivity index (χ1v) is 4.41. The molecular weight excluding hydrogens is 151 g/mol. The first-order chi connectivity index (χ1) is 3.41. The van der Waals surface area contributed by atoms with Crippen molar-refractivity contribution in [2.45, 2.75) is 19.8 Å². The predicted molar refractivity (Wildman–Crippen MR) is 34.3 cm³/mol. The Labute approximate surface area is 53.9 Å². The van der Waals surface area contributed by atoms with Gasteiger partial charge in [-0.3, -0.25) is 0 Å². The third kappa shape index (κ3) is 6.52. The van der Waals surface area contributed by atoms with E-state index in [1.807, 2.05) is 0 Å². The van der Waals surface area contributed by atoms with Gasteiger partial charge >= 0.3 is 53.4 Å². The van der Waals surface area contributed by atoms with Crippen LogP contribution in [0.4, 0.5) is 0 Å². The summed E-state index contributed by atoms with van der Waals surface area (Å²) < 4.78 is 5.10. The zero-order valence-corrected chi connectivity index (χ0v) is 7.24. The number of hydrogen-bond acceptors (Lipinski definition) is 1. The van der Waals surface area contributed by atoms with E-state index in [9.17, 15) is 0 Å². The molecule has 0 aliphatic rings. The minimum atomic E-state index is 0.924. The quantitative estimate of drug-likeness (QED) is 0.431. The first-order valence-electron chi connectivity index (χ1n) is 2.69. The van der Waals surface area contributed by atoms with Gasteiger partial charge in [0, 0.05) is 0 Å². The van der Waals surface area contributed by atoms with Gasteiger partial charge in [-0.2, -0.15) is 0 Å². The van der Waals surface area contributed by atoms with Crippen LogP contribution in [-0.2, 0) is 4.74 Å². The molecule has 0 spiro atoms. The Morgan fingerprint density at radius 3 is 2.71 bits per heavy atom. The summed E-state index contributed by atoms with van der Waals surface area (Å²) in [5.41, 5.74) is 0. The van der Waals surface area contributed by atoms with Crippen molar-refractivity contribution in [3.63, 3.8) is 0 Å². The summed E-state index contributed by atoms with van der Waals surface area (Å²) in [5, 5.41) is 0.924. The van der Waals surface area contributed by atoms with E-state index in [4.69, 9.17) is 4.74 Å². The molecule has 1 unspecified atom stereocenters. The normalized spacial score (nSPS) is 9.43. The number of ether oxygens (including phenoxy) is 1. The number of unbranched alkanes of at least 4 members (excludes halogenated alkanes) is 1. The van der Waals surface area contributed by atoms with Gasteiger partial charge in [0.2, 0.25) is 0 Å². The summed E-state index contributed by atoms with van der Waals surface area (Å²) in [6.45, 7) is 3.12. The second-order valence-electron chi connectivity index (χ2n) is 1.43. The van der Waals surface area contributed by atoms with Crippen LogP contribution in [0.25, 0.3) is 0 Å². The van der Waals surface area contributed by atoms with Crippen LogP contribution < -0.4 is 0 Å². The molecule has 0 saturated carbocycles. The Kier molecular flexibility index (Phi) is 7.00. The van der Waals surface area contributed by atoms with E-state index in [-0.39, 0.29) is 0 Å². The molecule has 44 valence electrons. The van der Waals surface area contributed by atoms with Gasteiger partial charge in [-0.25, -0.2) is 0 Å². The van der Waals surface area contributed by atoms with Gasteiger partial charge in [-0.1, -0.05) is 0 Å². The fourth-order valence-electron chi connectivity index (χ4n) is 0.330. The van der Waals surface area contributed by atoms with Crippen LogP contribution in [-0.4, -0.2) is 28.9 Å². The van der Waals surface area contributed by atoms with Crippen LogP contribution in [0.2, 0.25) is 0 Å². The van der Waals surface area contributed by atoms with Crippen molar-refractivity contribution in [2.75, 3.05) is 12.0 Å². The standard InChI is InChI=1S/C5H13AsO/c1-2-3-4-7-5-6/h2-6H2,1H3. The van der Waals surface area contributed by atoms with Gasteiger partial charge in [0.15, 0.2) is 0 Å². The molecule has 0 heterocycles. The topological polar surface area (TPSA) is 9.23 Å². The molecule has 0 fully saturated rings. The van der Waals surface area contributed by atoms with E-state index in [1.54, 1.807) is 16.9 Å². The van der Waals surface area contributed by atoms with Crippen molar-refractivity contribution in [3.8, 4) is 0 Å². The summed E-state index contributed by atoms with van der Waals surface area (Å²) in [6, 6.07) is 0. The Hall–Kier alpha value is 0.518. The van der Waals surface area contributed by atoms with E-state index >= 15 is 0 Å². The molecule has 0 aromatic carbocycles. The zero-order valence-electron chi connectivity index (χ0n) is 4.81. The third-order valence-corrected chi connectivity index (χ3v) is 1.25. The molecule has 0 bridgehead atoms. The molecular formula is C5H13AsO. The van der Waals surface area contributed by atoms with E-state index in [2.05, 4.69) is 6.92 Å². The van der Waals surface area contributed by atoms with Gasteiger partial charge < -0.3 is 0 Å². The summed E-state index contributed by atoms with van der Waals surface area (Å²) in [7, 11) is 0. The number of rotatable bonds is 4. The molecule has 0 aromatic rings. The van der Waals surface area contributed by atoms with E-state index in [0.717, 1.165) is 12.0 Å². The predicted octanol–water partition coefficient (Wildman–Crippen LogP) is 0.394. The van der Waals surface area contributed by atoms with Crippen LogP contribution in [0.5, 0.6) is 0 Å². The Bertz CT molecular complexity index is 27.3. The molecule has 7 heavy (non-hydrogen) atoms. The van der Waals surface area contributed by atoms with Crippen LogP contribution in [0, 0.1) is 0 Å². The monoisotopic (exact) mass is 164 g/mol. The maximum atomic E-state index is 5.10. The van der Waals surface area contributed by atoms with Gasteiger partial charge in [-0.05, 0) is 0 Å². The van der Waals surface area contributed by atoms with E-state index in [1.165, 1.54) is 12.8 Å². The Morgan fingerprint density at radius 1 is 1.57 bits per heavy atom. The second kappa shape index (κ2) is 6.52. The van der Waals surface area contributed by atoms with Gasteiger partial charge in [0.05, 0.1) is 0 Å². The minimum absolute atomic E-state index is 0.924. The molecule has 0 aromatic heterocycles. The van der Waals surface area contributed by atoms with Crippen LogP contribution in [0.15, 0.2) is 0 Å². The van der Waals surface area contributed by atoms with Crippen molar-refractivity contribution in [3.05, 3.63) is 0 Å². The Morgan fingerprint density at radius 2 is 2.29 bits per heavy atom. The molecule has 0 saturated heterocycles. The van der Waals surface area contributed by atoms with Crippen molar-refractivity contribution in [1.82, 2.24) is 0 Å². The molecule has 0 amide bonds. The van der Waals surface area contributed by atoms with Crippen LogP contribution in [0.3, 0.4) is 0 Å². The fraction of sp³-hybridized carbons (Fsp3) is 1.00. The summed E-state index contributed by atoms with van der Waals surface area (Å²) in [5.74, 6) is 0. The third-order valence-electron chi connectivity index (χ3n) is 0.760. The van der Waals surface area contributed by atoms with E-state index < -0.39 is 0 Å². The summed E-state index contributed by atoms with van der Waals surface area (Å²) >= 11 is 1.65. The summed E-state index contributed by atoms with van der Waals surface area (Å²) in [4.78, 5) is 0. The zero-order chi connectivity index (χ0) is 5.54. The molecule has 0 N–H and O–H groups in total. The maximum absolute atomic E-state index is 5.10. The molecule has 0 rings (SSSR count). The first kappa shape index (κ1) is 7.52. The van der Waals surface area contributed by atoms with Crippen molar-refractivity contribution >= 4 is 16.9 Å². The van der Waals surface area contributed by atoms with Gasteiger partial charge in [0.1, 0.15) is 0 Å². The molecule has 2 heteroatoms. The van der Waals surface area contributed by atoms with Crippen LogP contribution in [0.1, 0.15) is 19.8 Å². The summed E-state index contributed by atoms with van der Waals surface area (Å²) in [6.07, 6.45) is 2.46. The molecule has 1 atom stereocenters. The van der Waals surface area contributed by atoms with Crippen molar-refractivity contribution in [2.24, 2.45) is 0 Å². The molecule has 0 radical (unpaired) electrons. The van der Waals surface area contributed by atoms with Gasteiger partial charge in [0.25, 0.3) is 0 Å². The molecule has 0 aliphatic carbocycles. The average molecular weight is 164 g/mol.